The second kappa shape index (κ2) is 6.49. The monoisotopic (exact) mass is 328 g/mol. The average molecular weight is 328 g/mol. The zero-order valence-corrected chi connectivity index (χ0v) is 12.7. The van der Waals surface area contributed by atoms with Gasteiger partial charge in [0.2, 0.25) is 5.89 Å². The largest absolute Gasteiger partial charge is 0.480 e. The SMILES string of the molecule is Cc1ccc(-c2nc(COc3cc(F)ccc3[N+](=O)[O-])co2)cc1. The summed E-state index contributed by atoms with van der Waals surface area (Å²) in [6.45, 7) is 1.91. The number of aromatic nitrogens is 1. The van der Waals surface area contributed by atoms with Gasteiger partial charge in [-0.1, -0.05) is 17.7 Å². The van der Waals surface area contributed by atoms with Gasteiger partial charge in [0.1, 0.15) is 24.4 Å². The lowest BCUT2D eigenvalue weighted by molar-refractivity contribution is -0.386. The molecule has 0 aliphatic heterocycles. The van der Waals surface area contributed by atoms with E-state index in [4.69, 9.17) is 9.15 Å². The number of benzene rings is 2. The maximum Gasteiger partial charge on any atom is 0.311 e. The van der Waals surface area contributed by atoms with E-state index in [0.29, 0.717) is 11.6 Å². The van der Waals surface area contributed by atoms with E-state index in [0.717, 1.165) is 29.3 Å². The first-order valence-electron chi connectivity index (χ1n) is 7.11. The molecule has 0 saturated heterocycles. The molecule has 0 aliphatic carbocycles. The summed E-state index contributed by atoms with van der Waals surface area (Å²) in [4.78, 5) is 14.6. The number of nitro groups is 1. The van der Waals surface area contributed by atoms with Gasteiger partial charge in [0.05, 0.1) is 4.92 Å². The molecule has 3 aromatic rings. The molecule has 0 N–H and O–H groups in total. The van der Waals surface area contributed by atoms with Crippen LogP contribution in [0.3, 0.4) is 0 Å². The van der Waals surface area contributed by atoms with Crippen LogP contribution in [0.2, 0.25) is 0 Å². The van der Waals surface area contributed by atoms with Crippen LogP contribution in [0.1, 0.15) is 11.3 Å². The summed E-state index contributed by atoms with van der Waals surface area (Å²) < 4.78 is 24.0. The van der Waals surface area contributed by atoms with E-state index >= 15 is 0 Å². The van der Waals surface area contributed by atoms with Gasteiger partial charge < -0.3 is 9.15 Å². The minimum Gasteiger partial charge on any atom is -0.480 e. The standard InChI is InChI=1S/C17H13FN2O4/c1-11-2-4-12(5-3-11)17-19-14(10-24-17)9-23-16-8-13(18)6-7-15(16)20(21)22/h2-8,10H,9H2,1H3. The highest BCUT2D eigenvalue weighted by atomic mass is 19.1. The van der Waals surface area contributed by atoms with E-state index in [1.165, 1.54) is 6.26 Å². The predicted molar refractivity (Wildman–Crippen MR) is 84.1 cm³/mol. The number of rotatable bonds is 5. The van der Waals surface area contributed by atoms with Crippen LogP contribution in [0.15, 0.2) is 53.1 Å². The summed E-state index contributed by atoms with van der Waals surface area (Å²) in [5.74, 6) is -0.349. The Morgan fingerprint density at radius 3 is 2.71 bits per heavy atom. The number of oxazole rings is 1. The Morgan fingerprint density at radius 1 is 1.25 bits per heavy atom. The summed E-state index contributed by atoms with van der Waals surface area (Å²) in [5, 5.41) is 10.9. The van der Waals surface area contributed by atoms with Gasteiger partial charge in [0.15, 0.2) is 5.75 Å². The van der Waals surface area contributed by atoms with E-state index in [1.54, 1.807) is 0 Å². The van der Waals surface area contributed by atoms with Gasteiger partial charge in [0, 0.05) is 17.7 Å². The minimum absolute atomic E-state index is 0.0698. The van der Waals surface area contributed by atoms with E-state index in [1.807, 2.05) is 31.2 Å². The number of halogens is 1. The lowest BCUT2D eigenvalue weighted by atomic mass is 10.1. The van der Waals surface area contributed by atoms with Crippen molar-refractivity contribution in [2.45, 2.75) is 13.5 Å². The molecule has 7 heteroatoms. The van der Waals surface area contributed by atoms with Crippen molar-refractivity contribution >= 4 is 5.69 Å². The molecule has 0 amide bonds. The summed E-state index contributed by atoms with van der Waals surface area (Å²) in [5.41, 5.74) is 2.07. The van der Waals surface area contributed by atoms with Gasteiger partial charge in [-0.25, -0.2) is 9.37 Å². The predicted octanol–water partition coefficient (Wildman–Crippen LogP) is 4.28. The van der Waals surface area contributed by atoms with Crippen LogP contribution >= 0.6 is 0 Å². The molecule has 0 bridgehead atoms. The highest BCUT2D eigenvalue weighted by Gasteiger charge is 2.17. The van der Waals surface area contributed by atoms with Gasteiger partial charge in [0.25, 0.3) is 0 Å². The van der Waals surface area contributed by atoms with Crippen molar-refractivity contribution in [3.05, 3.63) is 75.9 Å². The summed E-state index contributed by atoms with van der Waals surface area (Å²) in [7, 11) is 0. The third-order valence-corrected chi connectivity index (χ3v) is 3.34. The number of ether oxygens (including phenoxy) is 1. The van der Waals surface area contributed by atoms with Gasteiger partial charge in [-0.2, -0.15) is 0 Å². The van der Waals surface area contributed by atoms with Crippen LogP contribution in [0.5, 0.6) is 5.75 Å². The van der Waals surface area contributed by atoms with Crippen molar-refractivity contribution in [3.8, 4) is 17.2 Å². The molecule has 0 unspecified atom stereocenters. The molecule has 24 heavy (non-hydrogen) atoms. The van der Waals surface area contributed by atoms with Crippen molar-refractivity contribution in [2.24, 2.45) is 0 Å². The number of hydrogen-bond donors (Lipinski definition) is 0. The molecule has 1 aromatic heterocycles. The maximum absolute atomic E-state index is 13.3. The molecule has 0 spiro atoms. The Bertz CT molecular complexity index is 875. The third-order valence-electron chi connectivity index (χ3n) is 3.34. The quantitative estimate of drug-likeness (QED) is 0.516. The molecule has 0 saturated carbocycles. The molecular formula is C17H13FN2O4. The molecule has 0 aliphatic rings. The fourth-order valence-electron chi connectivity index (χ4n) is 2.11. The van der Waals surface area contributed by atoms with Crippen LogP contribution in [0.25, 0.3) is 11.5 Å². The van der Waals surface area contributed by atoms with Gasteiger partial charge in [-0.3, -0.25) is 10.1 Å². The van der Waals surface area contributed by atoms with Gasteiger partial charge in [-0.15, -0.1) is 0 Å². The Morgan fingerprint density at radius 2 is 2.00 bits per heavy atom. The summed E-state index contributed by atoms with van der Waals surface area (Å²) >= 11 is 0. The highest BCUT2D eigenvalue weighted by molar-refractivity contribution is 5.53. The van der Waals surface area contributed by atoms with E-state index in [9.17, 15) is 14.5 Å². The van der Waals surface area contributed by atoms with Crippen LogP contribution in [-0.2, 0) is 6.61 Å². The van der Waals surface area contributed by atoms with Crippen molar-refractivity contribution < 1.29 is 18.5 Å². The molecule has 0 radical (unpaired) electrons. The third kappa shape index (κ3) is 3.40. The molecule has 122 valence electrons. The van der Waals surface area contributed by atoms with Crippen molar-refractivity contribution in [2.75, 3.05) is 0 Å². The first-order chi connectivity index (χ1) is 11.5. The fourth-order valence-corrected chi connectivity index (χ4v) is 2.11. The van der Waals surface area contributed by atoms with E-state index in [2.05, 4.69) is 4.98 Å². The number of hydrogen-bond acceptors (Lipinski definition) is 5. The summed E-state index contributed by atoms with van der Waals surface area (Å²) in [6, 6.07) is 10.7. The topological polar surface area (TPSA) is 78.4 Å². The molecule has 1 heterocycles. The Hall–Kier alpha value is -3.22. The Balaban J connectivity index is 1.75. The first kappa shape index (κ1) is 15.7. The second-order valence-corrected chi connectivity index (χ2v) is 5.17. The zero-order valence-electron chi connectivity index (χ0n) is 12.7. The van der Waals surface area contributed by atoms with E-state index < -0.39 is 10.7 Å². The molecule has 0 fully saturated rings. The normalized spacial score (nSPS) is 10.6. The number of nitro benzene ring substituents is 1. The zero-order chi connectivity index (χ0) is 17.1. The van der Waals surface area contributed by atoms with Crippen LogP contribution in [0, 0.1) is 22.9 Å². The highest BCUT2D eigenvalue weighted by Crippen LogP contribution is 2.28. The van der Waals surface area contributed by atoms with Crippen molar-refractivity contribution in [1.82, 2.24) is 4.98 Å². The molecule has 3 rings (SSSR count). The van der Waals surface area contributed by atoms with Gasteiger partial charge in [-0.05, 0) is 25.1 Å². The maximum atomic E-state index is 13.3. The van der Waals surface area contributed by atoms with Crippen LogP contribution in [-0.4, -0.2) is 9.91 Å². The molecule has 6 nitrogen and oxygen atoms in total. The van der Waals surface area contributed by atoms with Crippen molar-refractivity contribution in [1.29, 1.82) is 0 Å². The first-order valence-corrected chi connectivity index (χ1v) is 7.11. The van der Waals surface area contributed by atoms with E-state index in [-0.39, 0.29) is 18.0 Å². The minimum atomic E-state index is -0.630. The fraction of sp³-hybridized carbons (Fsp3) is 0.118. The molecule has 0 atom stereocenters. The Kier molecular flexibility index (Phi) is 4.24. The van der Waals surface area contributed by atoms with Gasteiger partial charge >= 0.3 is 5.69 Å². The second-order valence-electron chi connectivity index (χ2n) is 5.17. The lowest BCUT2D eigenvalue weighted by Crippen LogP contribution is -2.00. The smallest absolute Gasteiger partial charge is 0.311 e. The molecule has 2 aromatic carbocycles. The van der Waals surface area contributed by atoms with Crippen molar-refractivity contribution in [3.63, 3.8) is 0 Å². The molecular weight excluding hydrogens is 315 g/mol. The number of aryl methyl sites for hydroxylation is 1. The average Bonchev–Trinajstić information content (AvgIpc) is 3.02. The number of nitrogens with zero attached hydrogens (tertiary/aromatic N) is 2. The van der Waals surface area contributed by atoms with Crippen LogP contribution in [0.4, 0.5) is 10.1 Å². The lowest BCUT2D eigenvalue weighted by Gasteiger charge is -2.04. The Labute approximate surface area is 136 Å². The van der Waals surface area contributed by atoms with Crippen LogP contribution < -0.4 is 4.74 Å². The summed E-state index contributed by atoms with van der Waals surface area (Å²) in [6.07, 6.45) is 1.40.